The van der Waals surface area contributed by atoms with E-state index in [9.17, 15) is 9.59 Å². The molecule has 7 nitrogen and oxygen atoms in total. The topological polar surface area (TPSA) is 87.2 Å². The van der Waals surface area contributed by atoms with Crippen LogP contribution in [0.15, 0.2) is 24.3 Å². The van der Waals surface area contributed by atoms with Gasteiger partial charge in [-0.25, -0.2) is 4.79 Å². The van der Waals surface area contributed by atoms with Gasteiger partial charge in [0, 0.05) is 18.8 Å². The van der Waals surface area contributed by atoms with Crippen LogP contribution in [-0.2, 0) is 11.2 Å². The van der Waals surface area contributed by atoms with Crippen LogP contribution >= 0.6 is 11.3 Å². The smallest absolute Gasteiger partial charge is 0.325 e. The van der Waals surface area contributed by atoms with Crippen LogP contribution in [0, 0.1) is 6.92 Å². The molecule has 2 N–H and O–H groups in total. The number of aromatic nitrogens is 2. The molecule has 1 aliphatic heterocycles. The lowest BCUT2D eigenvalue weighted by Gasteiger charge is -2.26. The summed E-state index contributed by atoms with van der Waals surface area (Å²) in [6, 6.07) is 7.12. The van der Waals surface area contributed by atoms with Gasteiger partial charge in [-0.2, -0.15) is 0 Å². The summed E-state index contributed by atoms with van der Waals surface area (Å²) in [6.07, 6.45) is 3.55. The minimum Gasteiger partial charge on any atom is -0.342 e. The molecule has 0 spiro atoms. The van der Waals surface area contributed by atoms with E-state index in [0.717, 1.165) is 31.5 Å². The van der Waals surface area contributed by atoms with Crippen molar-refractivity contribution in [2.45, 2.75) is 32.6 Å². The second kappa shape index (κ2) is 8.06. The van der Waals surface area contributed by atoms with Crippen LogP contribution in [0.5, 0.6) is 0 Å². The number of rotatable bonds is 4. The Morgan fingerprint density at radius 3 is 2.52 bits per heavy atom. The molecule has 0 atom stereocenters. The molecular weight excluding hydrogens is 338 g/mol. The van der Waals surface area contributed by atoms with E-state index < -0.39 is 0 Å². The average molecular weight is 359 g/mol. The number of carbonyl (C=O) groups excluding carboxylic acids is 2. The monoisotopic (exact) mass is 359 g/mol. The molecule has 8 heteroatoms. The summed E-state index contributed by atoms with van der Waals surface area (Å²) in [5.74, 6) is 0.0755. The lowest BCUT2D eigenvalue weighted by atomic mass is 10.1. The molecule has 0 bridgehead atoms. The Bertz CT molecular complexity index is 738. The molecule has 1 fully saturated rings. The number of benzene rings is 1. The molecule has 2 aromatic rings. The van der Waals surface area contributed by atoms with Crippen LogP contribution < -0.4 is 10.6 Å². The first kappa shape index (κ1) is 17.3. The number of nitrogens with one attached hydrogen (secondary N) is 2. The van der Waals surface area contributed by atoms with Crippen LogP contribution in [0.3, 0.4) is 0 Å². The van der Waals surface area contributed by atoms with Gasteiger partial charge in [0.25, 0.3) is 0 Å². The minimum absolute atomic E-state index is 0.0755. The van der Waals surface area contributed by atoms with Crippen LogP contribution in [0.1, 0.15) is 29.8 Å². The van der Waals surface area contributed by atoms with Gasteiger partial charge in [-0.1, -0.05) is 29.0 Å². The Morgan fingerprint density at radius 1 is 1.08 bits per heavy atom. The maximum atomic E-state index is 12.2. The van der Waals surface area contributed by atoms with E-state index in [-0.39, 0.29) is 18.4 Å². The maximum Gasteiger partial charge on any atom is 0.325 e. The Morgan fingerprint density at radius 2 is 1.80 bits per heavy atom. The number of nitrogens with zero attached hydrogens (tertiary/aromatic N) is 3. The van der Waals surface area contributed by atoms with Crippen LogP contribution in [-0.4, -0.2) is 40.1 Å². The third kappa shape index (κ3) is 4.99. The lowest BCUT2D eigenvalue weighted by Crippen LogP contribution is -2.36. The highest BCUT2D eigenvalue weighted by Gasteiger charge is 2.19. The largest absolute Gasteiger partial charge is 0.342 e. The van der Waals surface area contributed by atoms with Crippen molar-refractivity contribution in [1.29, 1.82) is 0 Å². The Hall–Kier alpha value is -2.48. The molecule has 3 rings (SSSR count). The Balaban J connectivity index is 1.51. The third-order valence-electron chi connectivity index (χ3n) is 4.01. The van der Waals surface area contributed by atoms with Crippen LogP contribution in [0.2, 0.25) is 0 Å². The highest BCUT2D eigenvalue weighted by molar-refractivity contribution is 7.15. The van der Waals surface area contributed by atoms with Gasteiger partial charge in [0.1, 0.15) is 5.01 Å². The molecule has 2 heterocycles. The predicted molar refractivity (Wildman–Crippen MR) is 97.9 cm³/mol. The molecule has 132 valence electrons. The summed E-state index contributed by atoms with van der Waals surface area (Å²) in [6.45, 7) is 3.63. The highest BCUT2D eigenvalue weighted by atomic mass is 32.1. The minimum atomic E-state index is -0.381. The van der Waals surface area contributed by atoms with Crippen molar-refractivity contribution in [3.8, 4) is 0 Å². The fourth-order valence-electron chi connectivity index (χ4n) is 2.66. The van der Waals surface area contributed by atoms with Crippen molar-refractivity contribution in [3.63, 3.8) is 0 Å². The molecule has 0 aliphatic carbocycles. The fraction of sp³-hybridized carbons (Fsp3) is 0.412. The first-order valence-corrected chi connectivity index (χ1v) is 9.16. The number of hydrogen-bond acceptors (Lipinski definition) is 5. The first-order chi connectivity index (χ1) is 12.1. The van der Waals surface area contributed by atoms with Gasteiger partial charge in [-0.05, 0) is 38.3 Å². The summed E-state index contributed by atoms with van der Waals surface area (Å²) in [4.78, 5) is 26.1. The summed E-state index contributed by atoms with van der Waals surface area (Å²) in [5.41, 5.74) is 1.83. The molecule has 1 saturated heterocycles. The molecule has 25 heavy (non-hydrogen) atoms. The molecule has 1 aromatic carbocycles. The van der Waals surface area contributed by atoms with Gasteiger partial charge in [-0.3, -0.25) is 10.1 Å². The zero-order chi connectivity index (χ0) is 17.6. The quantitative estimate of drug-likeness (QED) is 0.878. The first-order valence-electron chi connectivity index (χ1n) is 8.35. The summed E-state index contributed by atoms with van der Waals surface area (Å²) in [5, 5.41) is 14.3. The zero-order valence-corrected chi connectivity index (χ0v) is 14.9. The van der Waals surface area contributed by atoms with E-state index in [4.69, 9.17) is 0 Å². The molecule has 3 amide bonds. The third-order valence-corrected chi connectivity index (χ3v) is 4.85. The standard InChI is InChI=1S/C17H21N5O2S/c1-12-5-7-13(8-6-12)18-16(24)19-17-21-20-14(25-17)11-15(23)22-9-3-2-4-10-22/h5-8H,2-4,9-11H2,1H3,(H2,18,19,21,24). The number of aryl methyl sites for hydroxylation is 1. The van der Waals surface area contributed by atoms with E-state index >= 15 is 0 Å². The Kier molecular flexibility index (Phi) is 5.60. The van der Waals surface area contributed by atoms with Crippen LogP contribution in [0.4, 0.5) is 15.6 Å². The van der Waals surface area contributed by atoms with E-state index in [1.165, 1.54) is 17.8 Å². The zero-order valence-electron chi connectivity index (χ0n) is 14.1. The molecule has 0 radical (unpaired) electrons. The van der Waals surface area contributed by atoms with Gasteiger partial charge in [0.05, 0.1) is 6.42 Å². The normalized spacial score (nSPS) is 14.2. The number of amides is 3. The second-order valence-corrected chi connectivity index (χ2v) is 7.13. The van der Waals surface area contributed by atoms with Crippen molar-refractivity contribution in [1.82, 2.24) is 15.1 Å². The maximum absolute atomic E-state index is 12.2. The van der Waals surface area contributed by atoms with Gasteiger partial charge in [0.2, 0.25) is 11.0 Å². The number of likely N-dealkylation sites (tertiary alicyclic amines) is 1. The number of hydrogen-bond donors (Lipinski definition) is 2. The molecule has 1 aromatic heterocycles. The van der Waals surface area contributed by atoms with Crippen molar-refractivity contribution >= 4 is 34.1 Å². The number of anilines is 2. The van der Waals surface area contributed by atoms with E-state index in [2.05, 4.69) is 20.8 Å². The van der Waals surface area contributed by atoms with Gasteiger partial charge in [-0.15, -0.1) is 10.2 Å². The van der Waals surface area contributed by atoms with Gasteiger partial charge >= 0.3 is 6.03 Å². The van der Waals surface area contributed by atoms with Crippen LogP contribution in [0.25, 0.3) is 0 Å². The van der Waals surface area contributed by atoms with E-state index in [1.54, 1.807) is 0 Å². The van der Waals surface area contributed by atoms with E-state index in [0.29, 0.717) is 15.8 Å². The van der Waals surface area contributed by atoms with Crippen molar-refractivity contribution in [3.05, 3.63) is 34.8 Å². The molecule has 0 saturated carbocycles. The number of carbonyl (C=O) groups is 2. The SMILES string of the molecule is Cc1ccc(NC(=O)Nc2nnc(CC(=O)N3CCCCC3)s2)cc1. The van der Waals surface area contributed by atoms with Crippen molar-refractivity contribution in [2.24, 2.45) is 0 Å². The van der Waals surface area contributed by atoms with Gasteiger partial charge < -0.3 is 10.2 Å². The lowest BCUT2D eigenvalue weighted by molar-refractivity contribution is -0.131. The van der Waals surface area contributed by atoms with Crippen molar-refractivity contribution in [2.75, 3.05) is 23.7 Å². The fourth-order valence-corrected chi connectivity index (χ4v) is 3.38. The average Bonchev–Trinajstić information content (AvgIpc) is 3.04. The molecule has 1 aliphatic rings. The number of piperidine rings is 1. The predicted octanol–water partition coefficient (Wildman–Crippen LogP) is 3.05. The summed E-state index contributed by atoms with van der Waals surface area (Å²) < 4.78 is 0. The van der Waals surface area contributed by atoms with Gasteiger partial charge in [0.15, 0.2) is 0 Å². The molecular formula is C17H21N5O2S. The summed E-state index contributed by atoms with van der Waals surface area (Å²) in [7, 11) is 0. The highest BCUT2D eigenvalue weighted by Crippen LogP contribution is 2.18. The number of urea groups is 1. The van der Waals surface area contributed by atoms with E-state index in [1.807, 2.05) is 36.1 Å². The second-order valence-electron chi connectivity index (χ2n) is 6.06. The van der Waals surface area contributed by atoms with Crippen molar-refractivity contribution < 1.29 is 9.59 Å². The molecule has 0 unspecified atom stereocenters. The Labute approximate surface area is 150 Å². The summed E-state index contributed by atoms with van der Waals surface area (Å²) >= 11 is 1.22.